The summed E-state index contributed by atoms with van der Waals surface area (Å²) >= 11 is 0. The number of unbranched alkanes of at least 4 members (excludes halogenated alkanes) is 9. The number of quaternary nitrogens is 1. The molecule has 0 saturated carbocycles. The molecule has 8 heteroatoms. The number of rotatable bonds is 19. The van der Waals surface area contributed by atoms with E-state index in [-0.39, 0.29) is 13.0 Å². The van der Waals surface area contributed by atoms with Gasteiger partial charge in [-0.3, -0.25) is 4.55 Å². The fourth-order valence-corrected chi connectivity index (χ4v) is 3.67. The smallest absolute Gasteiger partial charge is 0.398 e. The quantitative estimate of drug-likeness (QED) is 0.138. The zero-order valence-corrected chi connectivity index (χ0v) is 19.8. The Morgan fingerprint density at radius 3 is 1.93 bits per heavy atom. The number of carbonyl (C=O) groups is 1. The largest absolute Gasteiger partial charge is 0.458 e. The molecule has 0 amide bonds. The van der Waals surface area contributed by atoms with E-state index in [0.717, 1.165) is 36.7 Å². The molecule has 0 rings (SSSR count). The predicted octanol–water partition coefficient (Wildman–Crippen LogP) is 4.52. The topological polar surface area (TPSA) is 89.9 Å². The fourth-order valence-electron chi connectivity index (χ4n) is 3.20. The summed E-state index contributed by atoms with van der Waals surface area (Å²) in [7, 11) is -0.495. The maximum atomic E-state index is 12.2. The molecule has 0 radical (unpaired) electrons. The summed E-state index contributed by atoms with van der Waals surface area (Å²) in [5.41, 5.74) is 0. The fraction of sp³-hybridized carbons (Fsp3) is 0.952. The van der Waals surface area contributed by atoms with E-state index in [4.69, 9.17) is 9.29 Å². The molecule has 1 unspecified atom stereocenters. The summed E-state index contributed by atoms with van der Waals surface area (Å²) in [6.45, 7) is 6.13. The van der Waals surface area contributed by atoms with Crippen LogP contribution in [0.2, 0.25) is 0 Å². The van der Waals surface area contributed by atoms with Crippen molar-refractivity contribution in [3.63, 3.8) is 0 Å². The van der Waals surface area contributed by atoms with Crippen LogP contribution in [0, 0.1) is 0 Å². The Labute approximate surface area is 178 Å². The third-order valence-corrected chi connectivity index (χ3v) is 5.60. The highest BCUT2D eigenvalue weighted by molar-refractivity contribution is 7.80. The van der Waals surface area contributed by atoms with Crippen molar-refractivity contribution in [3.8, 4) is 0 Å². The summed E-state index contributed by atoms with van der Waals surface area (Å²) in [6.07, 6.45) is 11.3. The van der Waals surface area contributed by atoms with E-state index < -0.39 is 22.5 Å². The molecule has 0 spiro atoms. The van der Waals surface area contributed by atoms with Gasteiger partial charge in [-0.15, -0.1) is 0 Å². The molecule has 0 aromatic rings. The van der Waals surface area contributed by atoms with Crippen LogP contribution in [0.5, 0.6) is 0 Å². The average Bonchev–Trinajstić information content (AvgIpc) is 2.62. The minimum Gasteiger partial charge on any atom is -0.458 e. The Hall–Kier alpha value is -0.700. The molecule has 7 nitrogen and oxygen atoms in total. The van der Waals surface area contributed by atoms with Crippen molar-refractivity contribution < 1.29 is 31.2 Å². The molecule has 1 atom stereocenters. The normalized spacial score (nSPS) is 13.4. The van der Waals surface area contributed by atoms with Crippen molar-refractivity contribution in [2.45, 2.75) is 97.0 Å². The van der Waals surface area contributed by atoms with Crippen molar-refractivity contribution in [3.05, 3.63) is 0 Å². The van der Waals surface area contributed by atoms with Crippen LogP contribution in [0.25, 0.3) is 0 Å². The zero-order valence-electron chi connectivity index (χ0n) is 19.0. The Balaban J connectivity index is 4.22. The van der Waals surface area contributed by atoms with Crippen LogP contribution in [0.15, 0.2) is 0 Å². The lowest BCUT2D eigenvalue weighted by Gasteiger charge is -2.29. The third kappa shape index (κ3) is 17.8. The standard InChI is InChI=1S/C21H43NO6S/c1-5-7-9-11-12-13-15-17-22(3,4)18-19-27-21(23)20(28-29(24,25)26)16-14-10-8-6-2/h20H,5-19H2,1-4H3/p+1. The highest BCUT2D eigenvalue weighted by Crippen LogP contribution is 2.13. The molecule has 0 bridgehead atoms. The molecule has 0 aliphatic rings. The van der Waals surface area contributed by atoms with Gasteiger partial charge >= 0.3 is 16.4 Å². The molecule has 1 N–H and O–H groups in total. The van der Waals surface area contributed by atoms with Gasteiger partial charge in [0.1, 0.15) is 13.2 Å². The van der Waals surface area contributed by atoms with Gasteiger partial charge in [0.25, 0.3) is 0 Å². The van der Waals surface area contributed by atoms with Gasteiger partial charge in [0.15, 0.2) is 6.10 Å². The van der Waals surface area contributed by atoms with Crippen LogP contribution < -0.4 is 0 Å². The van der Waals surface area contributed by atoms with E-state index in [1.54, 1.807) is 0 Å². The number of hydrogen-bond donors (Lipinski definition) is 1. The first kappa shape index (κ1) is 28.3. The number of nitrogens with zero attached hydrogens (tertiary/aromatic N) is 1. The van der Waals surface area contributed by atoms with E-state index in [0.29, 0.717) is 13.0 Å². The first-order valence-corrected chi connectivity index (χ1v) is 12.6. The van der Waals surface area contributed by atoms with Crippen molar-refractivity contribution in [2.75, 3.05) is 33.8 Å². The molecule has 0 aliphatic heterocycles. The molecule has 0 saturated heterocycles. The van der Waals surface area contributed by atoms with E-state index in [1.165, 1.54) is 38.5 Å². The molecule has 0 heterocycles. The molecule has 0 aliphatic carbocycles. The van der Waals surface area contributed by atoms with Crippen LogP contribution in [0.4, 0.5) is 0 Å². The lowest BCUT2D eigenvalue weighted by atomic mass is 10.1. The van der Waals surface area contributed by atoms with Crippen LogP contribution >= 0.6 is 0 Å². The van der Waals surface area contributed by atoms with Crippen molar-refractivity contribution in [1.82, 2.24) is 0 Å². The predicted molar refractivity (Wildman–Crippen MR) is 116 cm³/mol. The number of ether oxygens (including phenoxy) is 1. The summed E-state index contributed by atoms with van der Waals surface area (Å²) in [4.78, 5) is 12.2. The lowest BCUT2D eigenvalue weighted by molar-refractivity contribution is -0.890. The first-order valence-electron chi connectivity index (χ1n) is 11.3. The molecule has 29 heavy (non-hydrogen) atoms. The summed E-state index contributed by atoms with van der Waals surface area (Å²) < 4.78 is 41.5. The van der Waals surface area contributed by atoms with Gasteiger partial charge < -0.3 is 9.22 Å². The number of carbonyl (C=O) groups excluding carboxylic acids is 1. The Bertz CT molecular complexity index is 521. The monoisotopic (exact) mass is 438 g/mol. The second-order valence-electron chi connectivity index (χ2n) is 8.53. The molecule has 0 aromatic heterocycles. The van der Waals surface area contributed by atoms with Gasteiger partial charge in [-0.25, -0.2) is 8.98 Å². The summed E-state index contributed by atoms with van der Waals surface area (Å²) in [5.74, 6) is -0.727. The van der Waals surface area contributed by atoms with E-state index in [1.807, 2.05) is 0 Å². The van der Waals surface area contributed by atoms with Gasteiger partial charge in [-0.05, 0) is 19.3 Å². The zero-order chi connectivity index (χ0) is 22.2. The van der Waals surface area contributed by atoms with Crippen molar-refractivity contribution in [1.29, 1.82) is 0 Å². The second kappa shape index (κ2) is 16.1. The maximum absolute atomic E-state index is 12.2. The highest BCUT2D eigenvalue weighted by Gasteiger charge is 2.27. The Morgan fingerprint density at radius 2 is 1.38 bits per heavy atom. The SMILES string of the molecule is CCCCCCCCC[N+](C)(C)CCOC(=O)C(CCCCCC)OS(=O)(=O)O. The van der Waals surface area contributed by atoms with Crippen LogP contribution in [-0.4, -0.2) is 63.3 Å². The molecular formula is C21H44NO6S+. The van der Waals surface area contributed by atoms with Gasteiger partial charge in [-0.2, -0.15) is 8.42 Å². The van der Waals surface area contributed by atoms with Crippen LogP contribution in [0.1, 0.15) is 90.9 Å². The van der Waals surface area contributed by atoms with E-state index in [2.05, 4.69) is 32.1 Å². The first-order chi connectivity index (χ1) is 13.6. The van der Waals surface area contributed by atoms with E-state index in [9.17, 15) is 13.2 Å². The average molecular weight is 439 g/mol. The van der Waals surface area contributed by atoms with Gasteiger partial charge in [0, 0.05) is 0 Å². The molecule has 0 fully saturated rings. The Kier molecular flexibility index (Phi) is 15.7. The van der Waals surface area contributed by atoms with Crippen molar-refractivity contribution >= 4 is 16.4 Å². The molecule has 0 aromatic carbocycles. The molecule has 174 valence electrons. The lowest BCUT2D eigenvalue weighted by Crippen LogP contribution is -2.43. The maximum Gasteiger partial charge on any atom is 0.398 e. The van der Waals surface area contributed by atoms with Gasteiger partial charge in [0.05, 0.1) is 20.6 Å². The second-order valence-corrected chi connectivity index (χ2v) is 9.58. The minimum atomic E-state index is -4.69. The van der Waals surface area contributed by atoms with Crippen LogP contribution in [0.3, 0.4) is 0 Å². The summed E-state index contributed by atoms with van der Waals surface area (Å²) in [5, 5.41) is 0. The number of likely N-dealkylation sites (N-methyl/N-ethyl adjacent to an activating group) is 1. The molecular weight excluding hydrogens is 394 g/mol. The van der Waals surface area contributed by atoms with Crippen LogP contribution in [-0.2, 0) is 24.1 Å². The van der Waals surface area contributed by atoms with Gasteiger partial charge in [0.2, 0.25) is 0 Å². The minimum absolute atomic E-state index is 0.197. The van der Waals surface area contributed by atoms with E-state index >= 15 is 0 Å². The third-order valence-electron chi connectivity index (χ3n) is 5.13. The highest BCUT2D eigenvalue weighted by atomic mass is 32.3. The number of hydrogen-bond acceptors (Lipinski definition) is 5. The van der Waals surface area contributed by atoms with Gasteiger partial charge in [-0.1, -0.05) is 71.6 Å². The Morgan fingerprint density at radius 1 is 0.862 bits per heavy atom. The van der Waals surface area contributed by atoms with Crippen molar-refractivity contribution in [2.24, 2.45) is 0 Å². The number of esters is 1. The summed E-state index contributed by atoms with van der Waals surface area (Å²) in [6, 6.07) is 0.